The molecule has 0 amide bonds. The van der Waals surface area contributed by atoms with Gasteiger partial charge >= 0.3 is 5.69 Å². The van der Waals surface area contributed by atoms with Crippen molar-refractivity contribution in [3.05, 3.63) is 213 Å². The first-order valence-electron chi connectivity index (χ1n) is 17.5. The van der Waals surface area contributed by atoms with Crippen molar-refractivity contribution in [3.8, 4) is 39.9 Å². The van der Waals surface area contributed by atoms with Crippen LogP contribution in [-0.4, -0.2) is 15.4 Å². The Kier molecular flexibility index (Phi) is 9.83. The SMILES string of the molecule is O=C(Cl)c1ccc(Oc2ccc(C3(c4ccc(Oc5ccc(C(=O)Cl)cc5)cc4)c4ccccc4-c4c3ccc([N+](=O)[O-])c4OCc3ccccc3)cc2)cc1. The van der Waals surface area contributed by atoms with E-state index in [0.29, 0.717) is 39.7 Å². The van der Waals surface area contributed by atoms with Gasteiger partial charge in [-0.1, -0.05) is 78.9 Å². The lowest BCUT2D eigenvalue weighted by Gasteiger charge is -2.34. The Morgan fingerprint density at radius 3 is 1.50 bits per heavy atom. The summed E-state index contributed by atoms with van der Waals surface area (Å²) in [5.41, 5.74) is 5.38. The monoisotopic (exact) mass is 777 g/mol. The van der Waals surface area contributed by atoms with Gasteiger partial charge in [-0.05, 0) is 135 Å². The highest BCUT2D eigenvalue weighted by molar-refractivity contribution is 6.68. The molecule has 0 bridgehead atoms. The van der Waals surface area contributed by atoms with Crippen LogP contribution in [0.2, 0.25) is 0 Å². The summed E-state index contributed by atoms with van der Waals surface area (Å²) in [6.45, 7) is 0.130. The van der Waals surface area contributed by atoms with Gasteiger partial charge in [0.25, 0.3) is 10.5 Å². The Morgan fingerprint density at radius 2 is 1.02 bits per heavy atom. The van der Waals surface area contributed by atoms with Gasteiger partial charge in [0, 0.05) is 22.8 Å². The molecule has 8 rings (SSSR count). The van der Waals surface area contributed by atoms with E-state index < -0.39 is 20.8 Å². The van der Waals surface area contributed by atoms with Gasteiger partial charge in [0.2, 0.25) is 5.75 Å². The number of hydrogen-bond donors (Lipinski definition) is 0. The molecule has 0 aliphatic heterocycles. The maximum atomic E-state index is 12.6. The van der Waals surface area contributed by atoms with Crippen LogP contribution < -0.4 is 14.2 Å². The van der Waals surface area contributed by atoms with Crippen molar-refractivity contribution in [1.82, 2.24) is 0 Å². The van der Waals surface area contributed by atoms with Crippen LogP contribution in [0.25, 0.3) is 11.1 Å². The van der Waals surface area contributed by atoms with E-state index in [1.54, 1.807) is 48.5 Å². The lowest BCUT2D eigenvalue weighted by Crippen LogP contribution is -2.28. The van der Waals surface area contributed by atoms with Crippen molar-refractivity contribution < 1.29 is 28.7 Å². The number of nitrogens with zero attached hydrogens (tertiary/aromatic N) is 1. The molecule has 0 radical (unpaired) electrons. The molecular weight excluding hydrogens is 749 g/mol. The third kappa shape index (κ3) is 6.77. The van der Waals surface area contributed by atoms with E-state index in [4.69, 9.17) is 37.4 Å². The zero-order chi connectivity index (χ0) is 38.8. The largest absolute Gasteiger partial charge is 0.482 e. The van der Waals surface area contributed by atoms with Crippen LogP contribution in [0.4, 0.5) is 5.69 Å². The molecule has 10 heteroatoms. The highest BCUT2D eigenvalue weighted by Crippen LogP contribution is 2.60. The lowest BCUT2D eigenvalue weighted by molar-refractivity contribution is -0.385. The maximum Gasteiger partial charge on any atom is 0.311 e. The number of benzene rings is 7. The first-order chi connectivity index (χ1) is 27.2. The molecule has 0 fully saturated rings. The summed E-state index contributed by atoms with van der Waals surface area (Å²) in [6.07, 6.45) is 0. The van der Waals surface area contributed by atoms with Crippen LogP contribution >= 0.6 is 23.2 Å². The van der Waals surface area contributed by atoms with Gasteiger partial charge < -0.3 is 14.2 Å². The number of fused-ring (bicyclic) bond motifs is 3. The molecule has 8 nitrogen and oxygen atoms in total. The van der Waals surface area contributed by atoms with Crippen LogP contribution in [0, 0.1) is 10.1 Å². The Hall–Kier alpha value is -6.74. The molecule has 0 unspecified atom stereocenters. The normalized spacial score (nSPS) is 12.2. The summed E-state index contributed by atoms with van der Waals surface area (Å²) in [4.78, 5) is 35.3. The molecule has 1 aliphatic carbocycles. The van der Waals surface area contributed by atoms with E-state index in [1.165, 1.54) is 6.07 Å². The van der Waals surface area contributed by atoms with E-state index in [9.17, 15) is 19.7 Å². The molecular formula is C46H29Cl2NO7. The molecule has 0 atom stereocenters. The van der Waals surface area contributed by atoms with Crippen LogP contribution in [0.15, 0.2) is 164 Å². The predicted octanol–water partition coefficient (Wildman–Crippen LogP) is 11.9. The van der Waals surface area contributed by atoms with Gasteiger partial charge in [-0.3, -0.25) is 19.7 Å². The van der Waals surface area contributed by atoms with Gasteiger partial charge in [0.15, 0.2) is 0 Å². The summed E-state index contributed by atoms with van der Waals surface area (Å²) in [6, 6.07) is 49.2. The standard InChI is InChI=1S/C46H29Cl2NO7/c47-44(50)30-10-18-34(19-11-30)55-36-22-14-32(15-23-36)46(33-16-24-37(25-17-33)56-35-20-12-31(13-21-35)45(48)51)39-9-5-4-8-38(39)42-40(46)26-27-41(49(52)53)43(42)54-28-29-6-2-1-3-7-29/h1-27H,28H2. The van der Waals surface area contributed by atoms with Crippen LogP contribution in [0.3, 0.4) is 0 Å². The highest BCUT2D eigenvalue weighted by atomic mass is 35.5. The molecule has 0 heterocycles. The van der Waals surface area contributed by atoms with Crippen molar-refractivity contribution in [3.63, 3.8) is 0 Å². The molecule has 0 N–H and O–H groups in total. The fourth-order valence-corrected chi connectivity index (χ4v) is 7.51. The average molecular weight is 779 g/mol. The minimum atomic E-state index is -0.965. The van der Waals surface area contributed by atoms with Crippen LogP contribution in [0.1, 0.15) is 48.5 Å². The molecule has 7 aromatic carbocycles. The predicted molar refractivity (Wildman–Crippen MR) is 215 cm³/mol. The Bertz CT molecular complexity index is 2490. The third-order valence-corrected chi connectivity index (χ3v) is 10.2. The van der Waals surface area contributed by atoms with E-state index >= 15 is 0 Å². The van der Waals surface area contributed by atoms with E-state index in [2.05, 4.69) is 0 Å². The van der Waals surface area contributed by atoms with Gasteiger partial charge in [-0.25, -0.2) is 0 Å². The molecule has 0 saturated carbocycles. The number of hydrogen-bond acceptors (Lipinski definition) is 7. The number of rotatable bonds is 12. The smallest absolute Gasteiger partial charge is 0.311 e. The first kappa shape index (κ1) is 36.2. The maximum absolute atomic E-state index is 12.6. The molecule has 274 valence electrons. The minimum absolute atomic E-state index is 0.130. The second kappa shape index (κ2) is 15.2. The van der Waals surface area contributed by atoms with Crippen LogP contribution in [-0.2, 0) is 12.0 Å². The number of halogens is 2. The Morgan fingerprint density at radius 1 is 0.554 bits per heavy atom. The fraction of sp³-hybridized carbons (Fsp3) is 0.0435. The van der Waals surface area contributed by atoms with Crippen LogP contribution in [0.5, 0.6) is 28.7 Å². The quantitative estimate of drug-likeness (QED) is 0.0691. The minimum Gasteiger partial charge on any atom is -0.482 e. The van der Waals surface area contributed by atoms with E-state index in [0.717, 1.165) is 33.4 Å². The van der Waals surface area contributed by atoms with Gasteiger partial charge in [0.1, 0.15) is 29.6 Å². The molecule has 0 spiro atoms. The van der Waals surface area contributed by atoms with Crippen molar-refractivity contribution in [2.45, 2.75) is 12.0 Å². The number of carbonyl (C=O) groups excluding carboxylic acids is 2. The third-order valence-electron chi connectivity index (χ3n) is 9.77. The molecule has 0 aromatic heterocycles. The zero-order valence-corrected chi connectivity index (χ0v) is 30.9. The molecule has 0 saturated heterocycles. The highest BCUT2D eigenvalue weighted by Gasteiger charge is 2.48. The number of nitro groups is 1. The summed E-state index contributed by atoms with van der Waals surface area (Å²) < 4.78 is 18.7. The average Bonchev–Trinajstić information content (AvgIpc) is 3.52. The fourth-order valence-electron chi connectivity index (χ4n) is 7.26. The second-order valence-corrected chi connectivity index (χ2v) is 13.7. The van der Waals surface area contributed by atoms with Gasteiger partial charge in [-0.2, -0.15) is 0 Å². The van der Waals surface area contributed by atoms with E-state index in [1.807, 2.05) is 109 Å². The topological polar surface area (TPSA) is 105 Å². The zero-order valence-electron chi connectivity index (χ0n) is 29.4. The van der Waals surface area contributed by atoms with Crippen molar-refractivity contribution in [2.75, 3.05) is 0 Å². The number of nitro benzene ring substituents is 1. The lowest BCUT2D eigenvalue weighted by atomic mass is 9.67. The van der Waals surface area contributed by atoms with Gasteiger partial charge in [-0.15, -0.1) is 0 Å². The first-order valence-corrected chi connectivity index (χ1v) is 18.2. The van der Waals surface area contributed by atoms with Crippen molar-refractivity contribution in [1.29, 1.82) is 0 Å². The summed E-state index contributed by atoms with van der Waals surface area (Å²) in [5.74, 6) is 2.35. The second-order valence-electron chi connectivity index (χ2n) is 13.0. The molecule has 7 aromatic rings. The van der Waals surface area contributed by atoms with Gasteiger partial charge in [0.05, 0.1) is 10.3 Å². The molecule has 56 heavy (non-hydrogen) atoms. The number of ether oxygens (including phenoxy) is 3. The number of carbonyl (C=O) groups is 2. The van der Waals surface area contributed by atoms with E-state index in [-0.39, 0.29) is 18.0 Å². The van der Waals surface area contributed by atoms with Crippen molar-refractivity contribution >= 4 is 39.4 Å². The summed E-state index contributed by atoms with van der Waals surface area (Å²) in [7, 11) is 0. The summed E-state index contributed by atoms with van der Waals surface area (Å²) in [5, 5.41) is 11.5. The Labute approximate surface area is 331 Å². The molecule has 1 aliphatic rings. The van der Waals surface area contributed by atoms with Crippen molar-refractivity contribution in [2.24, 2.45) is 0 Å². The Balaban J connectivity index is 1.27. The summed E-state index contributed by atoms with van der Waals surface area (Å²) >= 11 is 11.3.